The number of benzene rings is 1. The summed E-state index contributed by atoms with van der Waals surface area (Å²) < 4.78 is 0. The molecule has 2 amide bonds. The van der Waals surface area contributed by atoms with Gasteiger partial charge in [-0.3, -0.25) is 9.69 Å². The van der Waals surface area contributed by atoms with E-state index < -0.39 is 12.0 Å². The molecular weight excluding hydrogens is 358 g/mol. The molecule has 3 rings (SSSR count). The molecule has 2 aliphatic rings. The van der Waals surface area contributed by atoms with Gasteiger partial charge in [0, 0.05) is 63.7 Å². The Balaban J connectivity index is 1.51. The highest BCUT2D eigenvalue weighted by atomic mass is 16.4. The van der Waals surface area contributed by atoms with Gasteiger partial charge in [-0.05, 0) is 30.2 Å². The number of hydrogen-bond acceptors (Lipinski definition) is 5. The van der Waals surface area contributed by atoms with Crippen LogP contribution in [0.4, 0.5) is 16.2 Å². The highest BCUT2D eigenvalue weighted by Gasteiger charge is 2.32. The second kappa shape index (κ2) is 9.25. The van der Waals surface area contributed by atoms with Gasteiger partial charge in [0.1, 0.15) is 6.04 Å². The van der Waals surface area contributed by atoms with E-state index in [0.29, 0.717) is 26.2 Å². The minimum absolute atomic E-state index is 0.0343. The molecule has 8 nitrogen and oxygen atoms in total. The lowest BCUT2D eigenvalue weighted by molar-refractivity contribution is -0.145. The zero-order valence-electron chi connectivity index (χ0n) is 16.7. The van der Waals surface area contributed by atoms with Crippen molar-refractivity contribution < 1.29 is 14.7 Å². The van der Waals surface area contributed by atoms with Crippen molar-refractivity contribution in [3.8, 4) is 0 Å². The number of nitrogens with one attached hydrogen (secondary N) is 2. The summed E-state index contributed by atoms with van der Waals surface area (Å²) in [5, 5.41) is 15.7. The summed E-state index contributed by atoms with van der Waals surface area (Å²) in [4.78, 5) is 30.1. The fourth-order valence-corrected chi connectivity index (χ4v) is 3.95. The number of aliphatic carboxylic acids is 1. The van der Waals surface area contributed by atoms with E-state index in [1.165, 1.54) is 5.69 Å². The van der Waals surface area contributed by atoms with Crippen molar-refractivity contribution in [1.82, 2.24) is 15.1 Å². The predicted octanol–water partition coefficient (Wildman–Crippen LogP) is 1.35. The van der Waals surface area contributed by atoms with Gasteiger partial charge < -0.3 is 25.5 Å². The van der Waals surface area contributed by atoms with Gasteiger partial charge in [0.15, 0.2) is 0 Å². The Morgan fingerprint density at radius 3 is 2.14 bits per heavy atom. The van der Waals surface area contributed by atoms with Gasteiger partial charge in [-0.2, -0.15) is 0 Å². The molecule has 0 spiro atoms. The summed E-state index contributed by atoms with van der Waals surface area (Å²) in [5.74, 6) is -0.760. The molecule has 154 valence electrons. The first-order valence-electron chi connectivity index (χ1n) is 10.0. The van der Waals surface area contributed by atoms with E-state index >= 15 is 0 Å². The lowest BCUT2D eigenvalue weighted by Crippen LogP contribution is -2.56. The molecule has 28 heavy (non-hydrogen) atoms. The standard InChI is InChI=1S/C20H31N5O3/c1-15(2)18(19(26)27)24-11-13-25(14-12-24)20(28)22-16-3-5-17(6-4-16)23-9-7-21-8-10-23/h3-6,15,18,21H,7-14H2,1-2H3,(H,22,28)(H,26,27). The fraction of sp³-hybridized carbons (Fsp3) is 0.600. The van der Waals surface area contributed by atoms with Crippen LogP contribution in [0.15, 0.2) is 24.3 Å². The van der Waals surface area contributed by atoms with Crippen molar-refractivity contribution in [3.05, 3.63) is 24.3 Å². The first-order valence-corrected chi connectivity index (χ1v) is 10.0. The average Bonchev–Trinajstić information content (AvgIpc) is 2.69. The topological polar surface area (TPSA) is 88.1 Å². The molecule has 2 saturated heterocycles. The monoisotopic (exact) mass is 389 g/mol. The second-order valence-electron chi connectivity index (χ2n) is 7.76. The van der Waals surface area contributed by atoms with Gasteiger partial charge in [-0.25, -0.2) is 4.79 Å². The highest BCUT2D eigenvalue weighted by molar-refractivity contribution is 5.89. The van der Waals surface area contributed by atoms with Crippen LogP contribution in [0.3, 0.4) is 0 Å². The van der Waals surface area contributed by atoms with E-state index in [9.17, 15) is 14.7 Å². The normalized spacial score (nSPS) is 19.5. The molecule has 2 heterocycles. The maximum atomic E-state index is 12.6. The number of nitrogens with zero attached hydrogens (tertiary/aromatic N) is 3. The Morgan fingerprint density at radius 1 is 1.00 bits per heavy atom. The molecule has 1 aromatic rings. The van der Waals surface area contributed by atoms with E-state index in [2.05, 4.69) is 15.5 Å². The molecule has 8 heteroatoms. The maximum absolute atomic E-state index is 12.6. The number of piperazine rings is 2. The van der Waals surface area contributed by atoms with Gasteiger partial charge >= 0.3 is 12.0 Å². The molecule has 0 radical (unpaired) electrons. The fourth-order valence-electron chi connectivity index (χ4n) is 3.95. The summed E-state index contributed by atoms with van der Waals surface area (Å²) in [6.45, 7) is 10.0. The van der Waals surface area contributed by atoms with E-state index in [1.54, 1.807) is 4.90 Å². The van der Waals surface area contributed by atoms with Crippen molar-refractivity contribution >= 4 is 23.4 Å². The van der Waals surface area contributed by atoms with Crippen LogP contribution in [0, 0.1) is 5.92 Å². The zero-order chi connectivity index (χ0) is 20.1. The molecule has 1 unspecified atom stereocenters. The Labute approximate surface area is 166 Å². The predicted molar refractivity (Wildman–Crippen MR) is 110 cm³/mol. The summed E-state index contributed by atoms with van der Waals surface area (Å²) in [5.41, 5.74) is 1.94. The first kappa shape index (κ1) is 20.4. The van der Waals surface area contributed by atoms with Gasteiger partial charge in [0.05, 0.1) is 0 Å². The minimum atomic E-state index is -0.794. The van der Waals surface area contributed by atoms with Gasteiger partial charge in [-0.15, -0.1) is 0 Å². The van der Waals surface area contributed by atoms with Crippen molar-refractivity contribution in [2.45, 2.75) is 19.9 Å². The summed E-state index contributed by atoms with van der Waals surface area (Å²) in [6, 6.07) is 7.32. The summed E-state index contributed by atoms with van der Waals surface area (Å²) >= 11 is 0. The van der Waals surface area contributed by atoms with Crippen LogP contribution >= 0.6 is 0 Å². The summed E-state index contributed by atoms with van der Waals surface area (Å²) in [7, 11) is 0. The molecule has 0 aromatic heterocycles. The maximum Gasteiger partial charge on any atom is 0.321 e. The van der Waals surface area contributed by atoms with Crippen LogP contribution < -0.4 is 15.5 Å². The van der Waals surface area contributed by atoms with Gasteiger partial charge in [0.25, 0.3) is 0 Å². The number of carboxylic acids is 1. The van der Waals surface area contributed by atoms with Crippen molar-refractivity contribution in [2.75, 3.05) is 62.6 Å². The lowest BCUT2D eigenvalue weighted by atomic mass is 10.0. The van der Waals surface area contributed by atoms with E-state index in [-0.39, 0.29) is 11.9 Å². The van der Waals surface area contributed by atoms with E-state index in [4.69, 9.17) is 0 Å². The van der Waals surface area contributed by atoms with Crippen LogP contribution in [-0.2, 0) is 4.79 Å². The van der Waals surface area contributed by atoms with Gasteiger partial charge in [-0.1, -0.05) is 13.8 Å². The number of carbonyl (C=O) groups excluding carboxylic acids is 1. The SMILES string of the molecule is CC(C)C(C(=O)O)N1CCN(C(=O)Nc2ccc(N3CCNCC3)cc2)CC1. The molecule has 0 aliphatic carbocycles. The van der Waals surface area contributed by atoms with Gasteiger partial charge in [0.2, 0.25) is 0 Å². The second-order valence-corrected chi connectivity index (χ2v) is 7.76. The molecule has 2 fully saturated rings. The quantitative estimate of drug-likeness (QED) is 0.705. The number of rotatable bonds is 5. The average molecular weight is 390 g/mol. The largest absolute Gasteiger partial charge is 0.480 e. The third kappa shape index (κ3) is 4.94. The first-order chi connectivity index (χ1) is 13.5. The molecule has 2 aliphatic heterocycles. The number of anilines is 2. The smallest absolute Gasteiger partial charge is 0.321 e. The Morgan fingerprint density at radius 2 is 1.61 bits per heavy atom. The molecular formula is C20H31N5O3. The molecule has 0 bridgehead atoms. The lowest BCUT2D eigenvalue weighted by Gasteiger charge is -2.38. The zero-order valence-corrected chi connectivity index (χ0v) is 16.7. The number of hydrogen-bond donors (Lipinski definition) is 3. The van der Waals surface area contributed by atoms with Crippen LogP contribution in [0.25, 0.3) is 0 Å². The molecule has 0 saturated carbocycles. The Bertz CT molecular complexity index is 665. The number of carbonyl (C=O) groups is 2. The van der Waals surface area contributed by atoms with Crippen LogP contribution in [0.2, 0.25) is 0 Å². The highest BCUT2D eigenvalue weighted by Crippen LogP contribution is 2.19. The third-order valence-electron chi connectivity index (χ3n) is 5.48. The third-order valence-corrected chi connectivity index (χ3v) is 5.48. The summed E-state index contributed by atoms with van der Waals surface area (Å²) in [6.07, 6.45) is 0. The molecule has 1 atom stereocenters. The minimum Gasteiger partial charge on any atom is -0.480 e. The number of amides is 2. The number of urea groups is 1. The van der Waals surface area contributed by atoms with Crippen LogP contribution in [0.1, 0.15) is 13.8 Å². The van der Waals surface area contributed by atoms with E-state index in [0.717, 1.165) is 31.9 Å². The Kier molecular flexibility index (Phi) is 6.74. The van der Waals surface area contributed by atoms with Crippen molar-refractivity contribution in [2.24, 2.45) is 5.92 Å². The molecule has 1 aromatic carbocycles. The molecule has 3 N–H and O–H groups in total. The van der Waals surface area contributed by atoms with Crippen molar-refractivity contribution in [3.63, 3.8) is 0 Å². The van der Waals surface area contributed by atoms with E-state index in [1.807, 2.05) is 43.0 Å². The van der Waals surface area contributed by atoms with Crippen molar-refractivity contribution in [1.29, 1.82) is 0 Å². The number of carboxylic acid groups (broad SMARTS) is 1. The van der Waals surface area contributed by atoms with Crippen LogP contribution in [-0.4, -0.2) is 85.3 Å². The Hall–Kier alpha value is -2.32. The van der Waals surface area contributed by atoms with Crippen LogP contribution in [0.5, 0.6) is 0 Å².